The maximum atomic E-state index is 15.1. The van der Waals surface area contributed by atoms with Crippen molar-refractivity contribution in [3.8, 4) is 0 Å². The highest BCUT2D eigenvalue weighted by Gasteiger charge is 2.51. The van der Waals surface area contributed by atoms with E-state index in [1.807, 2.05) is 79.4 Å². The van der Waals surface area contributed by atoms with Gasteiger partial charge in [-0.3, -0.25) is 23.5 Å². The number of sulfonamides is 2. The van der Waals surface area contributed by atoms with E-state index in [-0.39, 0.29) is 57.9 Å². The predicted octanol–water partition coefficient (Wildman–Crippen LogP) is 6.71. The highest BCUT2D eigenvalue weighted by molar-refractivity contribution is 8.23. The molecule has 0 radical (unpaired) electrons. The number of hydrogen-bond acceptors (Lipinski definition) is 11. The monoisotopic (exact) mass is 807 g/mol. The molecule has 0 saturated heterocycles. The molecule has 55 heavy (non-hydrogen) atoms. The first-order valence-electron chi connectivity index (χ1n) is 17.6. The summed E-state index contributed by atoms with van der Waals surface area (Å²) in [5.41, 5.74) is 0.283. The van der Waals surface area contributed by atoms with Gasteiger partial charge >= 0.3 is 0 Å². The molecule has 1 unspecified atom stereocenters. The molecule has 16 heteroatoms. The largest absolute Gasteiger partial charge is 0.506 e. The lowest BCUT2D eigenvalue weighted by molar-refractivity contribution is -0.121. The van der Waals surface area contributed by atoms with Crippen molar-refractivity contribution < 1.29 is 35.8 Å². The summed E-state index contributed by atoms with van der Waals surface area (Å²) < 4.78 is 84.0. The number of nitrogens with zero attached hydrogens (tertiary/aromatic N) is 2. The van der Waals surface area contributed by atoms with E-state index in [1.54, 1.807) is 24.3 Å². The molecular formula is C39H45N5O8S3. The molecule has 0 aromatic heterocycles. The molecule has 0 amide bonds. The third kappa shape index (κ3) is 9.29. The van der Waals surface area contributed by atoms with E-state index in [1.165, 1.54) is 18.2 Å². The van der Waals surface area contributed by atoms with Crippen LogP contribution < -0.4 is 14.8 Å². The van der Waals surface area contributed by atoms with Gasteiger partial charge in [-0.05, 0) is 53.6 Å². The number of amidine groups is 1. The number of carbonyl (C=O) groups is 1. The first-order valence-corrected chi connectivity index (χ1v) is 22.7. The van der Waals surface area contributed by atoms with E-state index in [0.29, 0.717) is 19.5 Å². The number of benzene rings is 4. The van der Waals surface area contributed by atoms with Crippen LogP contribution in [0, 0.1) is 5.92 Å². The summed E-state index contributed by atoms with van der Waals surface area (Å²) in [4.78, 5) is 16.9. The van der Waals surface area contributed by atoms with Gasteiger partial charge in [0, 0.05) is 25.2 Å². The number of ketones is 1. The molecule has 0 fully saturated rings. The second kappa shape index (κ2) is 15.9. The van der Waals surface area contributed by atoms with Gasteiger partial charge in [-0.25, -0.2) is 16.8 Å². The number of carbonyl (C=O) groups excluding carboxylic acids is 1. The van der Waals surface area contributed by atoms with Gasteiger partial charge in [0.05, 0.1) is 23.4 Å². The van der Waals surface area contributed by atoms with Crippen LogP contribution in [0.1, 0.15) is 48.9 Å². The maximum absolute atomic E-state index is 15.1. The molecule has 0 bridgehead atoms. The van der Waals surface area contributed by atoms with Gasteiger partial charge in [-0.2, -0.15) is 4.72 Å². The molecule has 1 heterocycles. The Balaban J connectivity index is 1.37. The third-order valence-corrected chi connectivity index (χ3v) is 12.7. The summed E-state index contributed by atoms with van der Waals surface area (Å²) in [7, 11) is -12.0. The highest BCUT2D eigenvalue weighted by atomic mass is 32.3. The Kier molecular flexibility index (Phi) is 11.6. The molecule has 4 aromatic rings. The van der Waals surface area contributed by atoms with Crippen molar-refractivity contribution in [2.24, 2.45) is 10.3 Å². The first kappa shape index (κ1) is 40.1. The Morgan fingerprint density at radius 2 is 1.47 bits per heavy atom. The summed E-state index contributed by atoms with van der Waals surface area (Å²) in [5, 5.41) is 14.6. The van der Waals surface area contributed by atoms with Crippen molar-refractivity contribution in [3.63, 3.8) is 0 Å². The zero-order valence-electron chi connectivity index (χ0n) is 30.6. The van der Waals surface area contributed by atoms with E-state index >= 15 is 4.79 Å². The van der Waals surface area contributed by atoms with Crippen molar-refractivity contribution in [3.05, 3.63) is 131 Å². The summed E-state index contributed by atoms with van der Waals surface area (Å²) >= 11 is 0. The van der Waals surface area contributed by atoms with Crippen LogP contribution in [0.2, 0.25) is 0 Å². The topological polar surface area (TPSA) is 198 Å². The molecular weight excluding hydrogens is 763 g/mol. The van der Waals surface area contributed by atoms with Gasteiger partial charge in [0.25, 0.3) is 0 Å². The summed E-state index contributed by atoms with van der Waals surface area (Å²) in [5.74, 6) is -2.02. The second-order valence-electron chi connectivity index (χ2n) is 14.2. The first-order chi connectivity index (χ1) is 26.0. The van der Waals surface area contributed by atoms with Crippen molar-refractivity contribution in [2.75, 3.05) is 28.6 Å². The molecule has 4 aromatic carbocycles. The number of aliphatic hydroxyl groups excluding tert-OH is 1. The van der Waals surface area contributed by atoms with Crippen LogP contribution in [0.15, 0.2) is 118 Å². The van der Waals surface area contributed by atoms with Crippen LogP contribution in [0.3, 0.4) is 0 Å². The zero-order chi connectivity index (χ0) is 39.6. The minimum atomic E-state index is -4.23. The minimum absolute atomic E-state index is 0.0227. The molecule has 6 N–H and O–H groups in total. The van der Waals surface area contributed by atoms with Crippen LogP contribution in [0.25, 0.3) is 5.76 Å². The number of rotatable bonds is 15. The van der Waals surface area contributed by atoms with Crippen LogP contribution in [0.5, 0.6) is 0 Å². The Bertz CT molecular complexity index is 2310. The molecule has 1 aliphatic carbocycles. The zero-order valence-corrected chi connectivity index (χ0v) is 33.1. The van der Waals surface area contributed by atoms with E-state index < -0.39 is 53.5 Å². The van der Waals surface area contributed by atoms with Gasteiger partial charge in [0.15, 0.2) is 11.6 Å². The number of Topliss-reactive ketones (excluding diaryl/α,β-unsaturated/α-hetero) is 1. The number of aliphatic hydroxyl groups is 1. The van der Waals surface area contributed by atoms with Gasteiger partial charge in [0.1, 0.15) is 21.8 Å². The van der Waals surface area contributed by atoms with Crippen LogP contribution in [0.4, 0.5) is 11.4 Å². The van der Waals surface area contributed by atoms with Gasteiger partial charge in [0.2, 0.25) is 20.0 Å². The average molecular weight is 808 g/mol. The number of fused-ring (bicyclic) bond motifs is 2. The molecule has 0 spiro atoms. The predicted molar refractivity (Wildman–Crippen MR) is 218 cm³/mol. The summed E-state index contributed by atoms with van der Waals surface area (Å²) in [6.45, 7) is 5.00. The number of hydrogen-bond donors (Lipinski definition) is 6. The molecule has 2 aliphatic rings. The van der Waals surface area contributed by atoms with E-state index in [2.05, 4.69) is 19.2 Å². The molecule has 6 rings (SSSR count). The summed E-state index contributed by atoms with van der Waals surface area (Å²) in [6.07, 6.45) is 1.39. The lowest BCUT2D eigenvalue weighted by atomic mass is 9.72. The molecule has 13 nitrogen and oxygen atoms in total. The Hall–Kier alpha value is -4.55. The summed E-state index contributed by atoms with van der Waals surface area (Å²) in [6, 6.07) is 29.9. The van der Waals surface area contributed by atoms with Crippen LogP contribution >= 0.6 is 10.8 Å². The fourth-order valence-electron chi connectivity index (χ4n) is 6.79. The van der Waals surface area contributed by atoms with Gasteiger partial charge < -0.3 is 10.4 Å². The standard InChI is InChI=1S/C39H45N5O8S3/c1-27(2)20-21-39(43-54(49,50)23-22-44(25-28-12-6-4-7-13-28)26-29-14-8-5-9-15-29)32-17-11-10-16-31(32)36(45)35(37(39)46)38-40-33-19-18-30(41-53(3,47)48)24-34(33)55(51,52)42-38/h4-19,24,27,41,43,45,51-52H,20-23,25-26H2,1-3H3,(H,40,42). The van der Waals surface area contributed by atoms with Crippen molar-refractivity contribution in [1.82, 2.24) is 9.62 Å². The third-order valence-electron chi connectivity index (χ3n) is 9.38. The second-order valence-corrected chi connectivity index (χ2v) is 19.5. The lowest BCUT2D eigenvalue weighted by Gasteiger charge is -2.41. The molecule has 0 saturated carbocycles. The Morgan fingerprint density at radius 3 is 2.07 bits per heavy atom. The quantitative estimate of drug-likeness (QED) is 0.0751. The fraction of sp³-hybridized carbons (Fsp3) is 0.282. The SMILES string of the molecule is CC(C)CCC1(NS(=O)(=O)CCN(Cc2ccccc2)Cc2ccccc2)C(=O)C(C2=NS(O)(O)c3cc(NS(C)(=O)=O)ccc3N2)=C(O)c2ccccc21. The van der Waals surface area contributed by atoms with E-state index in [4.69, 9.17) is 0 Å². The fourth-order valence-corrected chi connectivity index (χ4v) is 9.97. The Morgan fingerprint density at radius 1 is 0.873 bits per heavy atom. The van der Waals surface area contributed by atoms with E-state index in [0.717, 1.165) is 17.4 Å². The molecule has 1 atom stereocenters. The average Bonchev–Trinajstić information content (AvgIpc) is 3.12. The lowest BCUT2D eigenvalue weighted by Crippen LogP contribution is -2.56. The molecule has 1 aliphatic heterocycles. The highest BCUT2D eigenvalue weighted by Crippen LogP contribution is 2.57. The number of anilines is 2. The van der Waals surface area contributed by atoms with Crippen molar-refractivity contribution >= 4 is 59.6 Å². The number of nitrogens with one attached hydrogen (secondary N) is 3. The van der Waals surface area contributed by atoms with Gasteiger partial charge in [-0.15, -0.1) is 4.40 Å². The normalized spacial score (nSPS) is 18.7. The van der Waals surface area contributed by atoms with Gasteiger partial charge in [-0.1, -0.05) is 110 Å². The smallest absolute Gasteiger partial charge is 0.229 e. The minimum Gasteiger partial charge on any atom is -0.506 e. The van der Waals surface area contributed by atoms with Crippen LogP contribution in [-0.2, 0) is 43.5 Å². The van der Waals surface area contributed by atoms with Crippen molar-refractivity contribution in [2.45, 2.75) is 50.2 Å². The Labute approximate surface area is 323 Å². The van der Waals surface area contributed by atoms with E-state index in [9.17, 15) is 31.0 Å². The van der Waals surface area contributed by atoms with Crippen molar-refractivity contribution in [1.29, 1.82) is 0 Å². The maximum Gasteiger partial charge on any atom is 0.229 e. The van der Waals surface area contributed by atoms with Crippen LogP contribution in [-0.4, -0.2) is 66.1 Å². The molecule has 292 valence electrons.